The number of carboxylic acids is 1. The molecule has 1 saturated heterocycles. The average molecular weight is 633 g/mol. The molecule has 0 unspecified atom stereocenters. The monoisotopic (exact) mass is 632 g/mol. The van der Waals surface area contributed by atoms with Crippen molar-refractivity contribution in [1.82, 2.24) is 34.0 Å². The minimum Gasteiger partial charge on any atom is -0.478 e. The molecule has 0 atom stereocenters. The van der Waals surface area contributed by atoms with Crippen LogP contribution < -0.4 is 4.74 Å². The maximum atomic E-state index is 11.7. The van der Waals surface area contributed by atoms with Gasteiger partial charge in [-0.2, -0.15) is 5.26 Å². The fourth-order valence-electron chi connectivity index (χ4n) is 6.09. The number of imidazole rings is 2. The van der Waals surface area contributed by atoms with E-state index in [-0.39, 0.29) is 5.56 Å². The van der Waals surface area contributed by atoms with E-state index in [1.54, 1.807) is 24.3 Å². The van der Waals surface area contributed by atoms with Gasteiger partial charge >= 0.3 is 5.97 Å². The van der Waals surface area contributed by atoms with Crippen LogP contribution in [-0.4, -0.2) is 58.1 Å². The van der Waals surface area contributed by atoms with E-state index >= 15 is 0 Å². The standard InChI is InChI=1S/C34H32N8O3S/c1-2-41-21-36-17-25(41)18-42-29-15-24(34(43)44)7-9-27(29)37-31(42)19-40-12-10-23(11-13-40)26-4-3-5-32(38-26)45-20-33-39-28-8-6-22(16-35)14-30(28)46-33/h3-9,14-15,17,21,23H,2,10-13,18-20H2,1H3,(H,43,44). The van der Waals surface area contributed by atoms with Crippen molar-refractivity contribution in [3.63, 3.8) is 0 Å². The van der Waals surface area contributed by atoms with Crippen LogP contribution in [0.5, 0.6) is 5.88 Å². The predicted molar refractivity (Wildman–Crippen MR) is 174 cm³/mol. The third-order valence-electron chi connectivity index (χ3n) is 8.55. The summed E-state index contributed by atoms with van der Waals surface area (Å²) < 4.78 is 11.2. The van der Waals surface area contributed by atoms with Gasteiger partial charge in [0, 0.05) is 30.4 Å². The summed E-state index contributed by atoms with van der Waals surface area (Å²) in [4.78, 5) is 32.9. The van der Waals surface area contributed by atoms with Crippen LogP contribution in [0.2, 0.25) is 0 Å². The van der Waals surface area contributed by atoms with Crippen molar-refractivity contribution >= 4 is 38.6 Å². The summed E-state index contributed by atoms with van der Waals surface area (Å²) >= 11 is 1.53. The molecule has 6 aromatic rings. The van der Waals surface area contributed by atoms with Crippen LogP contribution in [0.3, 0.4) is 0 Å². The van der Waals surface area contributed by atoms with Gasteiger partial charge in [0.15, 0.2) is 0 Å². The summed E-state index contributed by atoms with van der Waals surface area (Å²) in [5.41, 5.74) is 5.41. The number of thiazole rings is 1. The van der Waals surface area contributed by atoms with E-state index in [0.29, 0.717) is 37.1 Å². The number of hydrogen-bond donors (Lipinski definition) is 1. The number of carboxylic acid groups (broad SMARTS) is 1. The van der Waals surface area contributed by atoms with Gasteiger partial charge in [-0.1, -0.05) is 6.07 Å². The Morgan fingerprint density at radius 1 is 1.07 bits per heavy atom. The molecule has 1 aliphatic heterocycles. The van der Waals surface area contributed by atoms with E-state index in [9.17, 15) is 9.90 Å². The highest BCUT2D eigenvalue weighted by atomic mass is 32.1. The highest BCUT2D eigenvalue weighted by Gasteiger charge is 2.24. The average Bonchev–Trinajstić information content (AvgIpc) is 3.80. The largest absolute Gasteiger partial charge is 0.478 e. The molecule has 1 fully saturated rings. The van der Waals surface area contributed by atoms with Crippen LogP contribution in [0.4, 0.5) is 0 Å². The van der Waals surface area contributed by atoms with Gasteiger partial charge in [0.05, 0.1) is 63.6 Å². The molecule has 12 heteroatoms. The van der Waals surface area contributed by atoms with Crippen molar-refractivity contribution in [2.45, 2.75) is 51.9 Å². The molecule has 0 saturated carbocycles. The maximum Gasteiger partial charge on any atom is 0.335 e. The lowest BCUT2D eigenvalue weighted by atomic mass is 9.93. The number of pyridine rings is 1. The van der Waals surface area contributed by atoms with Crippen molar-refractivity contribution in [2.24, 2.45) is 0 Å². The van der Waals surface area contributed by atoms with Gasteiger partial charge in [-0.3, -0.25) is 4.90 Å². The number of likely N-dealkylation sites (tertiary alicyclic amines) is 1. The second-order valence-electron chi connectivity index (χ2n) is 11.4. The number of aryl methyl sites for hydroxylation is 1. The van der Waals surface area contributed by atoms with Crippen LogP contribution in [0.15, 0.2) is 67.1 Å². The first-order chi connectivity index (χ1) is 22.5. The van der Waals surface area contributed by atoms with Crippen molar-refractivity contribution < 1.29 is 14.6 Å². The molecule has 5 heterocycles. The first-order valence-corrected chi connectivity index (χ1v) is 16.1. The molecule has 46 heavy (non-hydrogen) atoms. The topological polar surface area (TPSA) is 135 Å². The quantitative estimate of drug-likeness (QED) is 0.198. The zero-order chi connectivity index (χ0) is 31.6. The van der Waals surface area contributed by atoms with Crippen LogP contribution >= 0.6 is 11.3 Å². The normalized spacial score (nSPS) is 14.2. The highest BCUT2D eigenvalue weighted by Crippen LogP contribution is 2.30. The molecule has 0 amide bonds. The number of fused-ring (bicyclic) bond motifs is 2. The van der Waals surface area contributed by atoms with E-state index in [0.717, 1.165) is 75.9 Å². The minimum atomic E-state index is -0.952. The molecule has 2 aromatic carbocycles. The summed E-state index contributed by atoms with van der Waals surface area (Å²) in [6, 6.07) is 18.7. The lowest BCUT2D eigenvalue weighted by molar-refractivity contribution is 0.0697. The summed E-state index contributed by atoms with van der Waals surface area (Å²) in [7, 11) is 0. The Balaban J connectivity index is 1.02. The van der Waals surface area contributed by atoms with Gasteiger partial charge in [0.2, 0.25) is 5.88 Å². The van der Waals surface area contributed by atoms with Crippen LogP contribution in [0.1, 0.15) is 63.8 Å². The number of piperidine rings is 1. The van der Waals surface area contributed by atoms with Crippen molar-refractivity contribution in [3.8, 4) is 11.9 Å². The molecule has 0 radical (unpaired) electrons. The molecule has 1 aliphatic rings. The molecule has 0 aliphatic carbocycles. The maximum absolute atomic E-state index is 11.7. The van der Waals surface area contributed by atoms with E-state index < -0.39 is 5.97 Å². The number of nitriles is 1. The van der Waals surface area contributed by atoms with E-state index in [1.165, 1.54) is 11.3 Å². The molecular weight excluding hydrogens is 600 g/mol. The Hall–Kier alpha value is -5.12. The van der Waals surface area contributed by atoms with Gasteiger partial charge in [0.1, 0.15) is 17.4 Å². The number of rotatable bonds is 10. The molecule has 4 aromatic heterocycles. The number of carbonyl (C=O) groups is 1. The first-order valence-electron chi connectivity index (χ1n) is 15.3. The number of aromatic nitrogens is 6. The second kappa shape index (κ2) is 12.7. The van der Waals surface area contributed by atoms with Gasteiger partial charge < -0.3 is 19.0 Å². The Bertz CT molecular complexity index is 2080. The number of ether oxygens (including phenoxy) is 1. The zero-order valence-corrected chi connectivity index (χ0v) is 26.2. The number of hydrogen-bond acceptors (Lipinski definition) is 9. The van der Waals surface area contributed by atoms with Crippen molar-refractivity contribution in [3.05, 3.63) is 100 Å². The third-order valence-corrected chi connectivity index (χ3v) is 9.55. The van der Waals surface area contributed by atoms with Gasteiger partial charge in [-0.15, -0.1) is 11.3 Å². The fourth-order valence-corrected chi connectivity index (χ4v) is 7.01. The van der Waals surface area contributed by atoms with E-state index in [1.807, 2.05) is 36.8 Å². The Morgan fingerprint density at radius 3 is 2.72 bits per heavy atom. The van der Waals surface area contributed by atoms with E-state index in [4.69, 9.17) is 20.0 Å². The van der Waals surface area contributed by atoms with E-state index in [2.05, 4.69) is 43.1 Å². The Kier molecular flexibility index (Phi) is 8.17. The van der Waals surface area contributed by atoms with Gasteiger partial charge in [0.25, 0.3) is 0 Å². The second-order valence-corrected chi connectivity index (χ2v) is 12.6. The molecule has 11 nitrogen and oxygen atoms in total. The molecular formula is C34H32N8O3S. The predicted octanol–water partition coefficient (Wildman–Crippen LogP) is 5.83. The lowest BCUT2D eigenvalue weighted by Crippen LogP contribution is -2.33. The Labute approximate surface area is 269 Å². The zero-order valence-electron chi connectivity index (χ0n) is 25.3. The van der Waals surface area contributed by atoms with Crippen LogP contribution in [0.25, 0.3) is 21.3 Å². The van der Waals surface area contributed by atoms with Crippen molar-refractivity contribution in [2.75, 3.05) is 13.1 Å². The first kappa shape index (κ1) is 29.6. The lowest BCUT2D eigenvalue weighted by Gasteiger charge is -2.31. The van der Waals surface area contributed by atoms with Crippen molar-refractivity contribution in [1.29, 1.82) is 5.26 Å². The molecule has 232 valence electrons. The van der Waals surface area contributed by atoms with Crippen LogP contribution in [0, 0.1) is 11.3 Å². The summed E-state index contributed by atoms with van der Waals surface area (Å²) in [5, 5.41) is 19.6. The number of aromatic carboxylic acids is 1. The molecule has 0 spiro atoms. The number of nitrogens with zero attached hydrogens (tertiary/aromatic N) is 8. The van der Waals surface area contributed by atoms with Gasteiger partial charge in [-0.25, -0.2) is 24.7 Å². The summed E-state index contributed by atoms with van der Waals surface area (Å²) in [5.74, 6) is 0.860. The SMILES string of the molecule is CCn1cncc1Cn1c(CN2CCC(c3cccc(OCc4nc5ccc(C#N)cc5s4)n3)CC2)nc2ccc(C(=O)O)cc21. The summed E-state index contributed by atoms with van der Waals surface area (Å²) in [6.07, 6.45) is 5.60. The Morgan fingerprint density at radius 2 is 1.91 bits per heavy atom. The molecule has 0 bridgehead atoms. The van der Waals surface area contributed by atoms with Gasteiger partial charge in [-0.05, 0) is 75.3 Å². The third kappa shape index (κ3) is 6.07. The van der Waals surface area contributed by atoms with Crippen LogP contribution in [-0.2, 0) is 26.2 Å². The fraction of sp³-hybridized carbons (Fsp3) is 0.294. The highest BCUT2D eigenvalue weighted by molar-refractivity contribution is 7.18. The minimum absolute atomic E-state index is 0.248. The number of benzene rings is 2. The smallest absolute Gasteiger partial charge is 0.335 e. The molecule has 7 rings (SSSR count). The molecule has 1 N–H and O–H groups in total. The summed E-state index contributed by atoms with van der Waals surface area (Å²) in [6.45, 7) is 6.22.